The number of hydrogen-bond donors (Lipinski definition) is 2. The molecule has 5 rings (SSSR count). The molecule has 0 bridgehead atoms. The number of piperidine rings is 1. The van der Waals surface area contributed by atoms with Gasteiger partial charge in [-0.05, 0) is 87.5 Å². The van der Waals surface area contributed by atoms with Crippen molar-refractivity contribution in [3.63, 3.8) is 0 Å². The van der Waals surface area contributed by atoms with Crippen LogP contribution in [0.15, 0.2) is 30.3 Å². The standard InChI is InChI=1S/C28H40N2O3/c1-26(2,18-8-6-5-7-9-18)30-25(32)33-23-13-11-20-19-10-12-22-27(3,17-15-24(31)29-22)21(19)14-16-28(20,23)4/h5-9,19-23H,10-17H2,1-4H3,(H,29,31)(H,30,32)/t19-,20-,21-,22+,23-,27+,28-/m0/s1. The van der Waals surface area contributed by atoms with Gasteiger partial charge in [-0.1, -0.05) is 44.2 Å². The minimum Gasteiger partial charge on any atom is -0.446 e. The average molecular weight is 453 g/mol. The van der Waals surface area contributed by atoms with Crippen molar-refractivity contribution in [2.45, 2.75) is 96.7 Å². The predicted octanol–water partition coefficient (Wildman–Crippen LogP) is 5.54. The summed E-state index contributed by atoms with van der Waals surface area (Å²) in [6.45, 7) is 8.85. The Labute approximate surface area is 198 Å². The van der Waals surface area contributed by atoms with Crippen LogP contribution in [0.1, 0.15) is 84.6 Å². The molecule has 3 aliphatic carbocycles. The van der Waals surface area contributed by atoms with Crippen molar-refractivity contribution in [1.82, 2.24) is 10.6 Å². The second kappa shape index (κ2) is 8.02. The molecule has 1 aromatic rings. The normalized spacial score (nSPS) is 40.1. The summed E-state index contributed by atoms with van der Waals surface area (Å²) in [6, 6.07) is 10.4. The molecule has 7 atom stereocenters. The fourth-order valence-electron chi connectivity index (χ4n) is 8.19. The first-order valence-corrected chi connectivity index (χ1v) is 13.0. The lowest BCUT2D eigenvalue weighted by Crippen LogP contribution is -2.61. The van der Waals surface area contributed by atoms with Gasteiger partial charge < -0.3 is 15.4 Å². The lowest BCUT2D eigenvalue weighted by Gasteiger charge is -2.60. The summed E-state index contributed by atoms with van der Waals surface area (Å²) in [5.41, 5.74) is 0.861. The number of alkyl carbamates (subject to hydrolysis) is 1. The summed E-state index contributed by atoms with van der Waals surface area (Å²) in [5.74, 6) is 2.18. The van der Waals surface area contributed by atoms with E-state index in [0.717, 1.165) is 37.7 Å². The third-order valence-electron chi connectivity index (χ3n) is 10.2. The summed E-state index contributed by atoms with van der Waals surface area (Å²) in [4.78, 5) is 25.0. The molecule has 33 heavy (non-hydrogen) atoms. The number of benzene rings is 1. The Hall–Kier alpha value is -2.04. The van der Waals surface area contributed by atoms with Crippen LogP contribution in [-0.4, -0.2) is 24.1 Å². The summed E-state index contributed by atoms with van der Waals surface area (Å²) >= 11 is 0. The smallest absolute Gasteiger partial charge is 0.408 e. The van der Waals surface area contributed by atoms with E-state index in [0.29, 0.717) is 30.2 Å². The number of carbonyl (C=O) groups excluding carboxylic acids is 2. The van der Waals surface area contributed by atoms with Gasteiger partial charge in [0, 0.05) is 17.9 Å². The molecule has 180 valence electrons. The Bertz CT molecular complexity index is 915. The maximum absolute atomic E-state index is 13.0. The molecule has 0 radical (unpaired) electrons. The van der Waals surface area contributed by atoms with Crippen LogP contribution >= 0.6 is 0 Å². The van der Waals surface area contributed by atoms with Gasteiger partial charge in [0.1, 0.15) is 6.10 Å². The molecule has 1 aromatic carbocycles. The Morgan fingerprint density at radius 2 is 1.73 bits per heavy atom. The van der Waals surface area contributed by atoms with Crippen molar-refractivity contribution in [2.75, 3.05) is 0 Å². The van der Waals surface area contributed by atoms with Crippen LogP contribution in [-0.2, 0) is 15.1 Å². The topological polar surface area (TPSA) is 67.4 Å². The number of ether oxygens (including phenoxy) is 1. The zero-order valence-corrected chi connectivity index (χ0v) is 20.7. The molecule has 0 spiro atoms. The Kier molecular flexibility index (Phi) is 5.53. The second-order valence-corrected chi connectivity index (χ2v) is 12.2. The number of nitrogens with one attached hydrogen (secondary N) is 2. The highest BCUT2D eigenvalue weighted by Gasteiger charge is 2.61. The number of rotatable bonds is 3. The van der Waals surface area contributed by atoms with Crippen molar-refractivity contribution in [2.24, 2.45) is 28.6 Å². The number of fused-ring (bicyclic) bond motifs is 5. The van der Waals surface area contributed by atoms with Crippen LogP contribution in [0.4, 0.5) is 4.79 Å². The molecule has 3 saturated carbocycles. The number of hydrogen-bond acceptors (Lipinski definition) is 3. The van der Waals surface area contributed by atoms with Crippen LogP contribution in [0.3, 0.4) is 0 Å². The maximum atomic E-state index is 13.0. The average Bonchev–Trinajstić information content (AvgIpc) is 3.10. The molecule has 5 nitrogen and oxygen atoms in total. The van der Waals surface area contributed by atoms with Gasteiger partial charge in [-0.15, -0.1) is 0 Å². The van der Waals surface area contributed by atoms with Crippen LogP contribution in [0.2, 0.25) is 0 Å². The van der Waals surface area contributed by atoms with Crippen LogP contribution < -0.4 is 10.6 Å². The van der Waals surface area contributed by atoms with E-state index in [1.54, 1.807) is 0 Å². The lowest BCUT2D eigenvalue weighted by atomic mass is 9.47. The highest BCUT2D eigenvalue weighted by Crippen LogP contribution is 2.64. The van der Waals surface area contributed by atoms with Crippen LogP contribution in [0, 0.1) is 28.6 Å². The molecule has 1 heterocycles. The highest BCUT2D eigenvalue weighted by atomic mass is 16.6. The fourth-order valence-corrected chi connectivity index (χ4v) is 8.19. The van der Waals surface area contributed by atoms with Crippen molar-refractivity contribution in [3.8, 4) is 0 Å². The third kappa shape index (κ3) is 3.76. The first-order valence-electron chi connectivity index (χ1n) is 13.0. The van der Waals surface area contributed by atoms with E-state index >= 15 is 0 Å². The highest BCUT2D eigenvalue weighted by molar-refractivity contribution is 5.77. The molecule has 2 amide bonds. The summed E-state index contributed by atoms with van der Waals surface area (Å²) in [5, 5.41) is 6.43. The Morgan fingerprint density at radius 1 is 1.00 bits per heavy atom. The molecular weight excluding hydrogens is 412 g/mol. The van der Waals surface area contributed by atoms with Crippen molar-refractivity contribution in [3.05, 3.63) is 35.9 Å². The van der Waals surface area contributed by atoms with Crippen LogP contribution in [0.5, 0.6) is 0 Å². The predicted molar refractivity (Wildman–Crippen MR) is 128 cm³/mol. The van der Waals surface area contributed by atoms with Gasteiger partial charge in [0.15, 0.2) is 0 Å². The van der Waals surface area contributed by atoms with Crippen molar-refractivity contribution >= 4 is 12.0 Å². The first kappa shape index (κ1) is 22.7. The minimum atomic E-state index is -0.479. The molecule has 4 aliphatic rings. The summed E-state index contributed by atoms with van der Waals surface area (Å²) < 4.78 is 6.16. The van der Waals surface area contributed by atoms with Crippen molar-refractivity contribution in [1.29, 1.82) is 0 Å². The van der Waals surface area contributed by atoms with Gasteiger partial charge in [0.2, 0.25) is 5.91 Å². The summed E-state index contributed by atoms with van der Waals surface area (Å²) in [6.07, 6.45) is 8.03. The number of amides is 2. The lowest BCUT2D eigenvalue weighted by molar-refractivity contribution is -0.138. The van der Waals surface area contributed by atoms with Gasteiger partial charge in [-0.25, -0.2) is 4.79 Å². The van der Waals surface area contributed by atoms with Gasteiger partial charge in [0.25, 0.3) is 0 Å². The molecule has 5 heteroatoms. The zero-order chi connectivity index (χ0) is 23.4. The molecule has 2 N–H and O–H groups in total. The van der Waals surface area contributed by atoms with E-state index in [1.807, 2.05) is 44.2 Å². The largest absolute Gasteiger partial charge is 0.446 e. The van der Waals surface area contributed by atoms with E-state index in [9.17, 15) is 9.59 Å². The molecular formula is C28H40N2O3. The molecule has 1 saturated heterocycles. The Morgan fingerprint density at radius 3 is 2.48 bits per heavy atom. The van der Waals surface area contributed by atoms with E-state index in [-0.39, 0.29) is 28.9 Å². The SMILES string of the molecule is CC(C)(NC(=O)O[C@H]1CC[C@H]2[C@@H]3CC[C@H]4NC(=O)CC[C@]4(C)[C@H]3CC[C@]12C)c1ccccc1. The summed E-state index contributed by atoms with van der Waals surface area (Å²) in [7, 11) is 0. The van der Waals surface area contributed by atoms with E-state index in [1.165, 1.54) is 12.8 Å². The van der Waals surface area contributed by atoms with Crippen LogP contribution in [0.25, 0.3) is 0 Å². The molecule has 4 fully saturated rings. The second-order valence-electron chi connectivity index (χ2n) is 12.2. The Balaban J connectivity index is 1.27. The zero-order valence-electron chi connectivity index (χ0n) is 20.7. The van der Waals surface area contributed by atoms with Gasteiger partial charge in [-0.3, -0.25) is 4.79 Å². The first-order chi connectivity index (χ1) is 15.6. The van der Waals surface area contributed by atoms with E-state index < -0.39 is 5.54 Å². The van der Waals surface area contributed by atoms with Crippen molar-refractivity contribution < 1.29 is 14.3 Å². The maximum Gasteiger partial charge on any atom is 0.408 e. The minimum absolute atomic E-state index is 0.0217. The number of carbonyl (C=O) groups is 2. The third-order valence-corrected chi connectivity index (χ3v) is 10.2. The van der Waals surface area contributed by atoms with Gasteiger partial charge >= 0.3 is 6.09 Å². The van der Waals surface area contributed by atoms with E-state index in [2.05, 4.69) is 24.5 Å². The quantitative estimate of drug-likeness (QED) is 0.633. The fraction of sp³-hybridized carbons (Fsp3) is 0.714. The van der Waals surface area contributed by atoms with E-state index in [4.69, 9.17) is 4.74 Å². The monoisotopic (exact) mass is 452 g/mol. The molecule has 0 aromatic heterocycles. The van der Waals surface area contributed by atoms with Gasteiger partial charge in [-0.2, -0.15) is 0 Å². The molecule has 0 unspecified atom stereocenters. The van der Waals surface area contributed by atoms with Gasteiger partial charge in [0.05, 0.1) is 5.54 Å². The molecule has 1 aliphatic heterocycles.